The third-order valence-electron chi connectivity index (χ3n) is 8.78. The van der Waals surface area contributed by atoms with Gasteiger partial charge in [-0.25, -0.2) is 14.8 Å². The van der Waals surface area contributed by atoms with Gasteiger partial charge in [-0.3, -0.25) is 14.3 Å². The number of nitrogens with one attached hydrogen (secondary N) is 1. The van der Waals surface area contributed by atoms with E-state index in [1.807, 2.05) is 42.3 Å². The summed E-state index contributed by atoms with van der Waals surface area (Å²) >= 11 is 1.69. The largest absolute Gasteiger partial charge is 0.447 e. The number of hydrogen-bond acceptors (Lipinski definition) is 9. The fourth-order valence-electron chi connectivity index (χ4n) is 6.45. The van der Waals surface area contributed by atoms with Crippen LogP contribution in [-0.4, -0.2) is 68.8 Å². The van der Waals surface area contributed by atoms with Crippen molar-refractivity contribution in [3.63, 3.8) is 0 Å². The second-order valence-corrected chi connectivity index (χ2v) is 12.8. The number of aryl methyl sites for hydroxylation is 1. The first-order valence-corrected chi connectivity index (χ1v) is 15.7. The van der Waals surface area contributed by atoms with Crippen LogP contribution >= 0.6 is 11.3 Å². The van der Waals surface area contributed by atoms with E-state index in [0.717, 1.165) is 54.3 Å². The summed E-state index contributed by atoms with van der Waals surface area (Å²) in [6.45, 7) is 6.42. The maximum Gasteiger partial charge on any atom is 0.410 e. The highest BCUT2D eigenvalue weighted by Gasteiger charge is 2.38. The molecule has 1 N–H and O–H groups in total. The first kappa shape index (κ1) is 27.6. The molecule has 0 spiro atoms. The summed E-state index contributed by atoms with van der Waals surface area (Å²) < 4.78 is 6.97. The number of nitriles is 1. The van der Waals surface area contributed by atoms with E-state index in [1.54, 1.807) is 28.0 Å². The smallest absolute Gasteiger partial charge is 0.410 e. The Kier molecular flexibility index (Phi) is 7.33. The Morgan fingerprint density at radius 3 is 2.72 bits per heavy atom. The first-order valence-electron chi connectivity index (χ1n) is 14.9. The van der Waals surface area contributed by atoms with E-state index < -0.39 is 0 Å². The number of thiazole rings is 1. The van der Waals surface area contributed by atoms with E-state index in [-0.39, 0.29) is 23.7 Å². The number of likely N-dealkylation sites (tertiary alicyclic amines) is 1. The second-order valence-electron chi connectivity index (χ2n) is 11.7. The molecule has 2 aromatic carbocycles. The molecule has 0 aliphatic carbocycles. The number of rotatable bonds is 7. The third kappa shape index (κ3) is 5.48. The number of nitrogens with zero attached hydrogens (tertiary/aromatic N) is 6. The summed E-state index contributed by atoms with van der Waals surface area (Å²) in [6.07, 6.45) is 5.79. The second kappa shape index (κ2) is 11.4. The molecule has 0 saturated carbocycles. The van der Waals surface area contributed by atoms with Crippen LogP contribution in [0.25, 0.3) is 21.5 Å². The van der Waals surface area contributed by atoms with Crippen LogP contribution in [0.4, 0.5) is 10.5 Å². The number of benzene rings is 2. The van der Waals surface area contributed by atoms with Crippen LogP contribution in [0.3, 0.4) is 0 Å². The molecule has 3 saturated heterocycles. The normalized spacial score (nSPS) is 20.3. The van der Waals surface area contributed by atoms with Gasteiger partial charge in [-0.05, 0) is 75.5 Å². The molecule has 5 heterocycles. The molecule has 43 heavy (non-hydrogen) atoms. The van der Waals surface area contributed by atoms with E-state index in [0.29, 0.717) is 42.0 Å². The van der Waals surface area contributed by atoms with Crippen LogP contribution in [0.5, 0.6) is 0 Å². The minimum Gasteiger partial charge on any atom is -0.447 e. The molecular formula is C32H33N7O3S. The Balaban J connectivity index is 1.25. The molecule has 0 radical (unpaired) electrons. The van der Waals surface area contributed by atoms with Crippen molar-refractivity contribution in [3.8, 4) is 16.6 Å². The summed E-state index contributed by atoms with van der Waals surface area (Å²) in [5.41, 5.74) is 3.82. The van der Waals surface area contributed by atoms with Crippen molar-refractivity contribution in [2.45, 2.75) is 57.8 Å². The molecule has 1 amide bonds. The molecular weight excluding hydrogens is 562 g/mol. The molecule has 0 bridgehead atoms. The van der Waals surface area contributed by atoms with Gasteiger partial charge in [0.25, 0.3) is 5.56 Å². The Labute approximate surface area is 253 Å². The number of anilines is 1. The van der Waals surface area contributed by atoms with Gasteiger partial charge in [0.15, 0.2) is 0 Å². The Morgan fingerprint density at radius 2 is 1.93 bits per heavy atom. The zero-order valence-corrected chi connectivity index (χ0v) is 24.9. The molecule has 10 nitrogen and oxygen atoms in total. The quantitative estimate of drug-likeness (QED) is 0.326. The maximum atomic E-state index is 13.9. The van der Waals surface area contributed by atoms with E-state index >= 15 is 0 Å². The third-order valence-corrected chi connectivity index (χ3v) is 9.79. The fourth-order valence-corrected chi connectivity index (χ4v) is 7.43. The molecule has 3 fully saturated rings. The van der Waals surface area contributed by atoms with Crippen LogP contribution < -0.4 is 10.9 Å². The van der Waals surface area contributed by atoms with Crippen molar-refractivity contribution in [1.29, 1.82) is 5.26 Å². The molecule has 2 aromatic heterocycles. The highest BCUT2D eigenvalue weighted by Crippen LogP contribution is 2.36. The highest BCUT2D eigenvalue weighted by atomic mass is 32.1. The average molecular weight is 596 g/mol. The van der Waals surface area contributed by atoms with E-state index in [1.165, 1.54) is 17.7 Å². The number of carbonyl (C=O) groups excluding carboxylic acids is 1. The number of piperidine rings is 1. The SMILES string of the molecule is Cc1nc2cc(-c3ncc(CN4CCCC4)s3)c(N[C@H]3CCN4C(=O)OC[C@@H]4C3)cc2c(=O)n1Cc1ccc(C#N)cc1. The zero-order valence-electron chi connectivity index (χ0n) is 24.1. The summed E-state index contributed by atoms with van der Waals surface area (Å²) in [5, 5.41) is 14.3. The molecule has 7 rings (SSSR count). The van der Waals surface area contributed by atoms with Gasteiger partial charge in [-0.2, -0.15) is 5.26 Å². The van der Waals surface area contributed by atoms with Gasteiger partial charge in [0.1, 0.15) is 17.4 Å². The van der Waals surface area contributed by atoms with Crippen LogP contribution in [0.15, 0.2) is 47.4 Å². The Hall–Kier alpha value is -4.27. The average Bonchev–Trinajstić information content (AvgIpc) is 3.78. The number of fused-ring (bicyclic) bond motifs is 2. The minimum atomic E-state index is -0.229. The summed E-state index contributed by atoms with van der Waals surface area (Å²) in [6, 6.07) is 13.5. The molecule has 2 atom stereocenters. The van der Waals surface area contributed by atoms with Gasteiger partial charge in [-0.15, -0.1) is 11.3 Å². The van der Waals surface area contributed by atoms with Gasteiger partial charge in [0.05, 0.1) is 35.1 Å². The van der Waals surface area contributed by atoms with Crippen molar-refractivity contribution in [1.82, 2.24) is 24.3 Å². The number of carbonyl (C=O) groups is 1. The highest BCUT2D eigenvalue weighted by molar-refractivity contribution is 7.15. The van der Waals surface area contributed by atoms with Gasteiger partial charge >= 0.3 is 6.09 Å². The standard InChI is InChI=1S/C32H33N7O3S/c1-20-35-29-13-26(30-34-16-25(43-30)18-37-9-2-3-10-37)28(36-23-8-11-38-24(12-23)19-42-32(38)41)14-27(29)31(40)39(20)17-22-6-4-21(15-33)5-7-22/h4-7,13-14,16,23-24,36H,2-3,8-12,17-19H2,1H3/t23-,24-/m0/s1. The van der Waals surface area contributed by atoms with Crippen molar-refractivity contribution >= 4 is 34.0 Å². The number of aromatic nitrogens is 3. The van der Waals surface area contributed by atoms with Crippen LogP contribution in [0.2, 0.25) is 0 Å². The molecule has 3 aliphatic rings. The summed E-state index contributed by atoms with van der Waals surface area (Å²) in [7, 11) is 0. The van der Waals surface area contributed by atoms with Gasteiger partial charge < -0.3 is 15.0 Å². The zero-order chi connectivity index (χ0) is 29.5. The van der Waals surface area contributed by atoms with E-state index in [9.17, 15) is 9.59 Å². The molecule has 3 aliphatic heterocycles. The first-order chi connectivity index (χ1) is 20.9. The van der Waals surface area contributed by atoms with E-state index in [4.69, 9.17) is 20.0 Å². The van der Waals surface area contributed by atoms with Crippen molar-refractivity contribution in [2.75, 3.05) is 31.6 Å². The summed E-state index contributed by atoms with van der Waals surface area (Å²) in [4.78, 5) is 41.2. The fraction of sp³-hybridized carbons (Fsp3) is 0.406. The van der Waals surface area contributed by atoms with E-state index in [2.05, 4.69) is 16.3 Å². The summed E-state index contributed by atoms with van der Waals surface area (Å²) in [5.74, 6) is 0.626. The predicted molar refractivity (Wildman–Crippen MR) is 165 cm³/mol. The van der Waals surface area contributed by atoms with Crippen molar-refractivity contribution in [3.05, 3.63) is 74.8 Å². The van der Waals surface area contributed by atoms with Gasteiger partial charge in [0, 0.05) is 41.5 Å². The number of hydrogen-bond donors (Lipinski definition) is 1. The minimum absolute atomic E-state index is 0.0588. The lowest BCUT2D eigenvalue weighted by molar-refractivity contribution is 0.153. The molecule has 11 heteroatoms. The molecule has 4 aromatic rings. The lowest BCUT2D eigenvalue weighted by atomic mass is 9.97. The number of amides is 1. The lowest BCUT2D eigenvalue weighted by Crippen LogP contribution is -2.45. The van der Waals surface area contributed by atoms with Crippen LogP contribution in [0.1, 0.15) is 47.5 Å². The van der Waals surface area contributed by atoms with Crippen molar-refractivity contribution < 1.29 is 9.53 Å². The Morgan fingerprint density at radius 1 is 1.12 bits per heavy atom. The van der Waals surface area contributed by atoms with Gasteiger partial charge in [0.2, 0.25) is 0 Å². The van der Waals surface area contributed by atoms with Gasteiger partial charge in [-0.1, -0.05) is 12.1 Å². The lowest BCUT2D eigenvalue weighted by Gasteiger charge is -2.33. The van der Waals surface area contributed by atoms with Crippen LogP contribution in [-0.2, 0) is 17.8 Å². The topological polar surface area (TPSA) is 116 Å². The molecule has 220 valence electrons. The monoisotopic (exact) mass is 595 g/mol. The number of cyclic esters (lactones) is 1. The van der Waals surface area contributed by atoms with Crippen molar-refractivity contribution in [2.24, 2.45) is 0 Å². The predicted octanol–water partition coefficient (Wildman–Crippen LogP) is 4.74. The van der Waals surface area contributed by atoms with Crippen LogP contribution in [0, 0.1) is 18.3 Å². The molecule has 0 unspecified atom stereocenters. The Bertz CT molecular complexity index is 1790. The maximum absolute atomic E-state index is 13.9. The number of ether oxygens (including phenoxy) is 1.